The Balaban J connectivity index is 1.76. The number of rotatable bonds is 3. The molecule has 0 saturated carbocycles. The fourth-order valence-electron chi connectivity index (χ4n) is 2.52. The molecule has 0 radical (unpaired) electrons. The summed E-state index contributed by atoms with van der Waals surface area (Å²) >= 11 is 0. The summed E-state index contributed by atoms with van der Waals surface area (Å²) in [4.78, 5) is 18.1. The smallest absolute Gasteiger partial charge is 0.321 e. The van der Waals surface area contributed by atoms with Gasteiger partial charge in [0.2, 0.25) is 0 Å². The first kappa shape index (κ1) is 15.5. The van der Waals surface area contributed by atoms with Crippen LogP contribution in [0.25, 0.3) is 5.82 Å². The maximum Gasteiger partial charge on any atom is 0.321 e. The van der Waals surface area contributed by atoms with E-state index < -0.39 is 9.84 Å². The number of carbonyl (C=O) groups is 1. The van der Waals surface area contributed by atoms with Crippen molar-refractivity contribution < 1.29 is 13.2 Å². The molecule has 23 heavy (non-hydrogen) atoms. The molecule has 122 valence electrons. The van der Waals surface area contributed by atoms with Crippen LogP contribution in [-0.4, -0.2) is 58.7 Å². The fourth-order valence-corrected chi connectivity index (χ4v) is 4.30. The van der Waals surface area contributed by atoms with Crippen molar-refractivity contribution in [3.8, 4) is 5.82 Å². The molecular weight excluding hydrogens is 318 g/mol. The minimum Gasteiger partial charge on any atom is -0.324 e. The van der Waals surface area contributed by atoms with Crippen LogP contribution < -0.4 is 5.32 Å². The molecule has 1 fully saturated rings. The van der Waals surface area contributed by atoms with Crippen LogP contribution in [0.2, 0.25) is 0 Å². The molecule has 1 aliphatic rings. The SMILES string of the molecule is CN(C(=O)Nc1cccnc1-n1cccn1)[C@@H]1CCS(=O)(=O)C1. The Kier molecular flexibility index (Phi) is 4.03. The Hall–Kier alpha value is -2.42. The van der Waals surface area contributed by atoms with Gasteiger partial charge in [0.25, 0.3) is 0 Å². The monoisotopic (exact) mass is 335 g/mol. The Bertz CT molecular complexity index is 804. The summed E-state index contributed by atoms with van der Waals surface area (Å²) < 4.78 is 24.7. The molecule has 1 saturated heterocycles. The van der Waals surface area contributed by atoms with E-state index >= 15 is 0 Å². The van der Waals surface area contributed by atoms with Crippen LogP contribution in [0.1, 0.15) is 6.42 Å². The summed E-state index contributed by atoms with van der Waals surface area (Å²) in [5, 5.41) is 6.88. The van der Waals surface area contributed by atoms with Gasteiger partial charge in [-0.15, -0.1) is 0 Å². The van der Waals surface area contributed by atoms with Crippen LogP contribution in [0, 0.1) is 0 Å². The Morgan fingerprint density at radius 3 is 2.87 bits per heavy atom. The van der Waals surface area contributed by atoms with Crippen molar-refractivity contribution in [3.63, 3.8) is 0 Å². The van der Waals surface area contributed by atoms with Crippen molar-refractivity contribution in [1.82, 2.24) is 19.7 Å². The van der Waals surface area contributed by atoms with Gasteiger partial charge in [0.05, 0.1) is 17.2 Å². The summed E-state index contributed by atoms with van der Waals surface area (Å²) in [6.07, 6.45) is 5.42. The van der Waals surface area contributed by atoms with Crippen molar-refractivity contribution in [2.45, 2.75) is 12.5 Å². The number of aromatic nitrogens is 3. The molecule has 0 unspecified atom stereocenters. The van der Waals surface area contributed by atoms with Gasteiger partial charge in [-0.25, -0.2) is 22.9 Å². The molecule has 2 aromatic heterocycles. The van der Waals surface area contributed by atoms with Gasteiger partial charge in [0.1, 0.15) is 0 Å². The fraction of sp³-hybridized carbons (Fsp3) is 0.357. The third-order valence-electron chi connectivity index (χ3n) is 3.83. The van der Waals surface area contributed by atoms with Crippen LogP contribution in [0.4, 0.5) is 10.5 Å². The topological polar surface area (TPSA) is 97.2 Å². The van der Waals surface area contributed by atoms with E-state index in [0.29, 0.717) is 17.9 Å². The molecule has 0 spiro atoms. The number of nitrogens with one attached hydrogen (secondary N) is 1. The zero-order valence-corrected chi connectivity index (χ0v) is 13.4. The number of anilines is 1. The normalized spacial score (nSPS) is 19.4. The van der Waals surface area contributed by atoms with E-state index in [4.69, 9.17) is 0 Å². The third kappa shape index (κ3) is 3.34. The van der Waals surface area contributed by atoms with Gasteiger partial charge in [-0.3, -0.25) is 0 Å². The van der Waals surface area contributed by atoms with Crippen LogP contribution in [0.15, 0.2) is 36.8 Å². The largest absolute Gasteiger partial charge is 0.324 e. The molecule has 1 atom stereocenters. The first-order valence-corrected chi connectivity index (χ1v) is 8.98. The number of urea groups is 1. The highest BCUT2D eigenvalue weighted by atomic mass is 32.2. The summed E-state index contributed by atoms with van der Waals surface area (Å²) in [5.74, 6) is 0.634. The zero-order chi connectivity index (χ0) is 16.4. The van der Waals surface area contributed by atoms with E-state index in [-0.39, 0.29) is 23.6 Å². The minimum atomic E-state index is -3.04. The number of hydrogen-bond donors (Lipinski definition) is 1. The number of carbonyl (C=O) groups excluding carboxylic acids is 1. The average molecular weight is 335 g/mol. The zero-order valence-electron chi connectivity index (χ0n) is 12.6. The number of hydrogen-bond acceptors (Lipinski definition) is 5. The first-order valence-electron chi connectivity index (χ1n) is 7.15. The van der Waals surface area contributed by atoms with Crippen molar-refractivity contribution in [2.24, 2.45) is 0 Å². The van der Waals surface area contributed by atoms with Crippen molar-refractivity contribution in [2.75, 3.05) is 23.9 Å². The molecule has 1 N–H and O–H groups in total. The molecule has 2 aromatic rings. The van der Waals surface area contributed by atoms with Gasteiger partial charge in [0.15, 0.2) is 15.7 Å². The molecule has 0 aliphatic carbocycles. The molecule has 9 heteroatoms. The van der Waals surface area contributed by atoms with E-state index in [2.05, 4.69) is 15.4 Å². The number of sulfone groups is 1. The van der Waals surface area contributed by atoms with Crippen molar-refractivity contribution >= 4 is 21.6 Å². The minimum absolute atomic E-state index is 0.00989. The van der Waals surface area contributed by atoms with Crippen LogP contribution in [-0.2, 0) is 9.84 Å². The predicted molar refractivity (Wildman–Crippen MR) is 85.2 cm³/mol. The average Bonchev–Trinajstić information content (AvgIpc) is 3.16. The third-order valence-corrected chi connectivity index (χ3v) is 5.58. The second-order valence-corrected chi connectivity index (χ2v) is 7.65. The Labute approximate surface area is 134 Å². The first-order chi connectivity index (χ1) is 11.0. The maximum absolute atomic E-state index is 12.4. The Morgan fingerprint density at radius 1 is 1.39 bits per heavy atom. The van der Waals surface area contributed by atoms with Gasteiger partial charge in [-0.1, -0.05) is 0 Å². The molecule has 2 amide bonds. The Morgan fingerprint density at radius 2 is 2.22 bits per heavy atom. The lowest BCUT2D eigenvalue weighted by Crippen LogP contribution is -2.40. The molecular formula is C14H17N5O3S. The number of amides is 2. The van der Waals surface area contributed by atoms with E-state index in [0.717, 1.165) is 0 Å². The lowest BCUT2D eigenvalue weighted by atomic mass is 10.2. The lowest BCUT2D eigenvalue weighted by Gasteiger charge is -2.24. The van der Waals surface area contributed by atoms with Gasteiger partial charge < -0.3 is 10.2 Å². The second-order valence-electron chi connectivity index (χ2n) is 5.42. The molecule has 3 rings (SSSR count). The summed E-state index contributed by atoms with van der Waals surface area (Å²) in [6, 6.07) is 4.53. The summed E-state index contributed by atoms with van der Waals surface area (Å²) in [5.41, 5.74) is 0.508. The molecule has 8 nitrogen and oxygen atoms in total. The van der Waals surface area contributed by atoms with Crippen molar-refractivity contribution in [3.05, 3.63) is 36.8 Å². The quantitative estimate of drug-likeness (QED) is 0.899. The van der Waals surface area contributed by atoms with Gasteiger partial charge in [-0.05, 0) is 24.6 Å². The van der Waals surface area contributed by atoms with Crippen LogP contribution in [0.5, 0.6) is 0 Å². The van der Waals surface area contributed by atoms with Crippen LogP contribution >= 0.6 is 0 Å². The van der Waals surface area contributed by atoms with E-state index in [1.54, 1.807) is 48.5 Å². The molecule has 0 bridgehead atoms. The second kappa shape index (κ2) is 5.99. The predicted octanol–water partition coefficient (Wildman–Crippen LogP) is 0.918. The van der Waals surface area contributed by atoms with Gasteiger partial charge in [0, 0.05) is 31.7 Å². The van der Waals surface area contributed by atoms with Gasteiger partial charge >= 0.3 is 6.03 Å². The molecule has 0 aromatic carbocycles. The van der Waals surface area contributed by atoms with Crippen molar-refractivity contribution in [1.29, 1.82) is 0 Å². The van der Waals surface area contributed by atoms with E-state index in [1.165, 1.54) is 4.90 Å². The highest BCUT2D eigenvalue weighted by molar-refractivity contribution is 7.91. The number of pyridine rings is 1. The molecule has 3 heterocycles. The van der Waals surface area contributed by atoms with E-state index in [9.17, 15) is 13.2 Å². The standard InChI is InChI=1S/C14H17N5O3S/c1-18(11-5-9-23(21,22)10-11)14(20)17-12-4-2-6-15-13(12)19-8-3-7-16-19/h2-4,6-8,11H,5,9-10H2,1H3,(H,17,20)/t11-/m1/s1. The molecule has 1 aliphatic heterocycles. The van der Waals surface area contributed by atoms with E-state index in [1.807, 2.05) is 0 Å². The van der Waals surface area contributed by atoms with Gasteiger partial charge in [-0.2, -0.15) is 5.10 Å². The lowest BCUT2D eigenvalue weighted by molar-refractivity contribution is 0.209. The highest BCUT2D eigenvalue weighted by Gasteiger charge is 2.32. The maximum atomic E-state index is 12.4. The number of nitrogens with zero attached hydrogens (tertiary/aromatic N) is 4. The summed E-state index contributed by atoms with van der Waals surface area (Å²) in [7, 11) is -1.44. The van der Waals surface area contributed by atoms with Crippen LogP contribution in [0.3, 0.4) is 0 Å². The summed E-state index contributed by atoms with van der Waals surface area (Å²) in [6.45, 7) is 0. The highest BCUT2D eigenvalue weighted by Crippen LogP contribution is 2.20.